The molecule has 0 N–H and O–H groups in total. The number of methoxy groups -OCH3 is 1. The molecule has 0 bridgehead atoms. The number of rotatable bonds is 7. The van der Waals surface area contributed by atoms with Gasteiger partial charge in [0.1, 0.15) is 0 Å². The molecule has 0 aliphatic rings. The van der Waals surface area contributed by atoms with E-state index in [-0.39, 0.29) is 0 Å². The lowest BCUT2D eigenvalue weighted by Crippen LogP contribution is -2.22. The largest absolute Gasteiger partial charge is 0.383 e. The van der Waals surface area contributed by atoms with Crippen molar-refractivity contribution >= 4 is 0 Å². The summed E-state index contributed by atoms with van der Waals surface area (Å²) in [4.78, 5) is 2.26. The standard InChI is InChI=1S/C22H27N3O/c1-17-10-11-18(2)21(14-17)25-16-20(15-24(3)12-13-26-4)22(23-25)19-8-6-5-7-9-19/h5-11,14,16H,12-13,15H2,1-4H3. The molecule has 1 aromatic heterocycles. The van der Waals surface area contributed by atoms with E-state index in [4.69, 9.17) is 9.84 Å². The molecule has 3 aromatic rings. The van der Waals surface area contributed by atoms with Crippen molar-refractivity contribution in [1.82, 2.24) is 14.7 Å². The van der Waals surface area contributed by atoms with Crippen LogP contribution in [0.3, 0.4) is 0 Å². The van der Waals surface area contributed by atoms with Crippen molar-refractivity contribution in [3.8, 4) is 16.9 Å². The van der Waals surface area contributed by atoms with Gasteiger partial charge in [-0.15, -0.1) is 0 Å². The van der Waals surface area contributed by atoms with Crippen molar-refractivity contribution in [2.24, 2.45) is 0 Å². The summed E-state index contributed by atoms with van der Waals surface area (Å²) in [6, 6.07) is 16.9. The molecule has 26 heavy (non-hydrogen) atoms. The molecule has 3 rings (SSSR count). The molecule has 0 unspecified atom stereocenters. The number of aromatic nitrogens is 2. The lowest BCUT2D eigenvalue weighted by molar-refractivity contribution is 0.158. The van der Waals surface area contributed by atoms with Crippen LogP contribution in [0.4, 0.5) is 0 Å². The predicted octanol–water partition coefficient (Wildman–Crippen LogP) is 4.23. The first-order chi connectivity index (χ1) is 12.6. The van der Waals surface area contributed by atoms with Crippen LogP contribution in [0, 0.1) is 13.8 Å². The second-order valence-corrected chi connectivity index (χ2v) is 6.83. The Hall–Kier alpha value is -2.43. The van der Waals surface area contributed by atoms with Crippen LogP contribution < -0.4 is 0 Å². The molecule has 0 aliphatic carbocycles. The van der Waals surface area contributed by atoms with E-state index >= 15 is 0 Å². The van der Waals surface area contributed by atoms with E-state index in [1.54, 1.807) is 7.11 Å². The van der Waals surface area contributed by atoms with Crippen LogP contribution in [0.1, 0.15) is 16.7 Å². The van der Waals surface area contributed by atoms with E-state index in [0.717, 1.165) is 36.6 Å². The molecule has 0 atom stereocenters. The smallest absolute Gasteiger partial charge is 0.0972 e. The van der Waals surface area contributed by atoms with E-state index < -0.39 is 0 Å². The van der Waals surface area contributed by atoms with Crippen molar-refractivity contribution in [2.75, 3.05) is 27.3 Å². The van der Waals surface area contributed by atoms with Gasteiger partial charge in [-0.2, -0.15) is 5.10 Å². The Labute approximate surface area is 156 Å². The zero-order chi connectivity index (χ0) is 18.5. The van der Waals surface area contributed by atoms with Gasteiger partial charge in [0.2, 0.25) is 0 Å². The zero-order valence-electron chi connectivity index (χ0n) is 16.1. The zero-order valence-corrected chi connectivity index (χ0v) is 16.1. The van der Waals surface area contributed by atoms with Crippen LogP contribution in [0.15, 0.2) is 54.7 Å². The van der Waals surface area contributed by atoms with Crippen LogP contribution in [0.25, 0.3) is 16.9 Å². The Morgan fingerprint density at radius 1 is 1.08 bits per heavy atom. The van der Waals surface area contributed by atoms with Gasteiger partial charge in [0.05, 0.1) is 18.0 Å². The average Bonchev–Trinajstić information content (AvgIpc) is 3.06. The van der Waals surface area contributed by atoms with Gasteiger partial charge in [-0.1, -0.05) is 42.5 Å². The number of benzene rings is 2. The number of hydrogen-bond acceptors (Lipinski definition) is 3. The number of nitrogens with zero attached hydrogens (tertiary/aromatic N) is 3. The summed E-state index contributed by atoms with van der Waals surface area (Å²) in [5.74, 6) is 0. The monoisotopic (exact) mass is 349 g/mol. The summed E-state index contributed by atoms with van der Waals surface area (Å²) in [7, 11) is 3.85. The molecule has 0 saturated heterocycles. The van der Waals surface area contributed by atoms with Gasteiger partial charge in [-0.3, -0.25) is 4.90 Å². The van der Waals surface area contributed by atoms with Crippen LogP contribution in [-0.2, 0) is 11.3 Å². The number of aryl methyl sites for hydroxylation is 2. The quantitative estimate of drug-likeness (QED) is 0.639. The summed E-state index contributed by atoms with van der Waals surface area (Å²) in [5, 5.41) is 4.94. The first-order valence-corrected chi connectivity index (χ1v) is 8.97. The lowest BCUT2D eigenvalue weighted by atomic mass is 10.1. The topological polar surface area (TPSA) is 30.3 Å². The fourth-order valence-corrected chi connectivity index (χ4v) is 3.07. The maximum atomic E-state index is 5.21. The average molecular weight is 349 g/mol. The summed E-state index contributed by atoms with van der Waals surface area (Å²) >= 11 is 0. The van der Waals surface area contributed by atoms with Gasteiger partial charge in [-0.25, -0.2) is 4.68 Å². The maximum absolute atomic E-state index is 5.21. The SMILES string of the molecule is COCCN(C)Cc1cn(-c2cc(C)ccc2C)nc1-c1ccccc1. The molecule has 136 valence electrons. The highest BCUT2D eigenvalue weighted by Gasteiger charge is 2.15. The second kappa shape index (κ2) is 8.30. The highest BCUT2D eigenvalue weighted by Crippen LogP contribution is 2.26. The lowest BCUT2D eigenvalue weighted by Gasteiger charge is -2.15. The Balaban J connectivity index is 2.01. The van der Waals surface area contributed by atoms with E-state index in [1.807, 2.05) is 10.7 Å². The third-order valence-electron chi connectivity index (χ3n) is 4.57. The van der Waals surface area contributed by atoms with Gasteiger partial charge >= 0.3 is 0 Å². The Morgan fingerprint density at radius 3 is 2.58 bits per heavy atom. The number of ether oxygens (including phenoxy) is 1. The maximum Gasteiger partial charge on any atom is 0.0972 e. The minimum absolute atomic E-state index is 0.724. The van der Waals surface area contributed by atoms with Gasteiger partial charge < -0.3 is 4.74 Å². The molecule has 0 aliphatic heterocycles. The summed E-state index contributed by atoms with van der Waals surface area (Å²) in [5.41, 5.74) is 6.99. The summed E-state index contributed by atoms with van der Waals surface area (Å²) in [6.45, 7) is 6.69. The van der Waals surface area contributed by atoms with Crippen molar-refractivity contribution in [2.45, 2.75) is 20.4 Å². The number of likely N-dealkylation sites (N-methyl/N-ethyl adjacent to an activating group) is 1. The minimum atomic E-state index is 0.724. The van der Waals surface area contributed by atoms with E-state index in [2.05, 4.69) is 74.5 Å². The van der Waals surface area contributed by atoms with Crippen molar-refractivity contribution in [3.63, 3.8) is 0 Å². The number of hydrogen-bond donors (Lipinski definition) is 0. The fraction of sp³-hybridized carbons (Fsp3) is 0.318. The summed E-state index contributed by atoms with van der Waals surface area (Å²) in [6.07, 6.45) is 2.16. The van der Waals surface area contributed by atoms with E-state index in [9.17, 15) is 0 Å². The van der Waals surface area contributed by atoms with Gasteiger partial charge in [0.15, 0.2) is 0 Å². The third-order valence-corrected chi connectivity index (χ3v) is 4.57. The van der Waals surface area contributed by atoms with Crippen molar-refractivity contribution < 1.29 is 4.74 Å². The molecule has 2 aromatic carbocycles. The Morgan fingerprint density at radius 2 is 1.85 bits per heavy atom. The van der Waals surface area contributed by atoms with Gasteiger partial charge in [0.25, 0.3) is 0 Å². The molecule has 4 heteroatoms. The van der Waals surface area contributed by atoms with Crippen molar-refractivity contribution in [1.29, 1.82) is 0 Å². The fourth-order valence-electron chi connectivity index (χ4n) is 3.07. The predicted molar refractivity (Wildman–Crippen MR) is 107 cm³/mol. The first-order valence-electron chi connectivity index (χ1n) is 8.97. The van der Waals surface area contributed by atoms with Crippen LogP contribution in [0.5, 0.6) is 0 Å². The molecule has 0 saturated carbocycles. The van der Waals surface area contributed by atoms with Crippen LogP contribution >= 0.6 is 0 Å². The minimum Gasteiger partial charge on any atom is -0.383 e. The van der Waals surface area contributed by atoms with Gasteiger partial charge in [-0.05, 0) is 38.1 Å². The molecular weight excluding hydrogens is 322 g/mol. The Kier molecular flexibility index (Phi) is 5.86. The normalized spacial score (nSPS) is 11.3. The highest BCUT2D eigenvalue weighted by atomic mass is 16.5. The van der Waals surface area contributed by atoms with E-state index in [1.165, 1.54) is 16.7 Å². The molecule has 0 spiro atoms. The van der Waals surface area contributed by atoms with Crippen LogP contribution in [-0.4, -0.2) is 42.0 Å². The van der Waals surface area contributed by atoms with E-state index in [0.29, 0.717) is 0 Å². The van der Waals surface area contributed by atoms with Gasteiger partial charge in [0, 0.05) is 37.5 Å². The van der Waals surface area contributed by atoms with Crippen molar-refractivity contribution in [3.05, 3.63) is 71.4 Å². The highest BCUT2D eigenvalue weighted by molar-refractivity contribution is 5.63. The molecular formula is C22H27N3O. The molecule has 4 nitrogen and oxygen atoms in total. The first kappa shape index (κ1) is 18.4. The third kappa shape index (κ3) is 4.21. The molecule has 0 fully saturated rings. The van der Waals surface area contributed by atoms with Crippen LogP contribution in [0.2, 0.25) is 0 Å². The summed E-state index contributed by atoms with van der Waals surface area (Å²) < 4.78 is 7.22. The Bertz CT molecular complexity index is 855. The molecule has 1 heterocycles. The second-order valence-electron chi connectivity index (χ2n) is 6.83. The molecule has 0 amide bonds. The molecule has 0 radical (unpaired) electrons.